The van der Waals surface area contributed by atoms with Crippen molar-refractivity contribution in [1.82, 2.24) is 4.90 Å². The first kappa shape index (κ1) is 7.50. The van der Waals surface area contributed by atoms with Crippen LogP contribution in [0.2, 0.25) is 0 Å². The van der Waals surface area contributed by atoms with Gasteiger partial charge in [-0.1, -0.05) is 0 Å². The number of hydrogen-bond acceptors (Lipinski definition) is 3. The molecule has 4 nitrogen and oxygen atoms in total. The maximum atomic E-state index is 11.5. The average molecular weight is 181 g/mol. The van der Waals surface area contributed by atoms with E-state index in [2.05, 4.69) is 0 Å². The molecular weight excluding hydrogens is 170 g/mol. The third-order valence-electron chi connectivity index (χ3n) is 3.32. The minimum Gasteiger partial charge on any atom is -0.361 e. The van der Waals surface area contributed by atoms with Gasteiger partial charge < -0.3 is 9.64 Å². The summed E-state index contributed by atoms with van der Waals surface area (Å²) in [5.74, 6) is 0.393. The van der Waals surface area contributed by atoms with E-state index in [4.69, 9.17) is 4.74 Å². The summed E-state index contributed by atoms with van der Waals surface area (Å²) in [6, 6.07) is 0. The molecule has 3 fully saturated rings. The lowest BCUT2D eigenvalue weighted by Gasteiger charge is -2.09. The molecule has 2 aliphatic carbocycles. The number of epoxide rings is 1. The van der Waals surface area contributed by atoms with Crippen molar-refractivity contribution >= 4 is 11.7 Å². The lowest BCUT2D eigenvalue weighted by atomic mass is 10.1. The molecule has 4 heteroatoms. The highest BCUT2D eigenvalue weighted by Gasteiger charge is 2.77. The third kappa shape index (κ3) is 0.746. The Bertz CT molecular complexity index is 312. The molecule has 3 rings (SSSR count). The van der Waals surface area contributed by atoms with Crippen LogP contribution < -0.4 is 0 Å². The number of hydrogen-bond donors (Lipinski definition) is 0. The molecule has 1 saturated heterocycles. The van der Waals surface area contributed by atoms with Gasteiger partial charge in [0.15, 0.2) is 5.78 Å². The minimum absolute atomic E-state index is 0.00125. The highest BCUT2D eigenvalue weighted by molar-refractivity contribution is 6.01. The number of amides is 1. The molecule has 1 heterocycles. The van der Waals surface area contributed by atoms with E-state index in [0.29, 0.717) is 0 Å². The van der Waals surface area contributed by atoms with Gasteiger partial charge in [0.25, 0.3) is 0 Å². The fraction of sp³-hybridized carbons (Fsp3) is 0.778. The summed E-state index contributed by atoms with van der Waals surface area (Å²) in [5, 5.41) is 0. The SMILES string of the molecule is CN(C)C(=O)C1C2C(=O)C3OC3C21. The van der Waals surface area contributed by atoms with Crippen molar-refractivity contribution in [1.29, 1.82) is 0 Å². The van der Waals surface area contributed by atoms with Gasteiger partial charge in [-0.3, -0.25) is 9.59 Å². The standard InChI is InChI=1S/C9H11NO3/c1-10(2)9(12)5-3-4(5)7-8(13-7)6(3)11/h3-5,7-8H,1-2H3. The maximum Gasteiger partial charge on any atom is 0.226 e. The Morgan fingerprint density at radius 1 is 1.46 bits per heavy atom. The molecule has 0 spiro atoms. The molecule has 5 unspecified atom stereocenters. The van der Waals surface area contributed by atoms with Gasteiger partial charge in [-0.25, -0.2) is 0 Å². The van der Waals surface area contributed by atoms with Gasteiger partial charge in [-0.05, 0) is 0 Å². The number of ether oxygens (including phenoxy) is 1. The zero-order chi connectivity index (χ0) is 9.33. The van der Waals surface area contributed by atoms with Crippen LogP contribution in [0.5, 0.6) is 0 Å². The average Bonchev–Trinajstić information content (AvgIpc) is 2.94. The molecule has 5 atom stereocenters. The van der Waals surface area contributed by atoms with Crippen LogP contribution in [-0.2, 0) is 14.3 Å². The minimum atomic E-state index is -0.138. The van der Waals surface area contributed by atoms with E-state index in [9.17, 15) is 9.59 Å². The molecular formula is C9H11NO3. The van der Waals surface area contributed by atoms with Crippen LogP contribution in [0.1, 0.15) is 0 Å². The lowest BCUT2D eigenvalue weighted by molar-refractivity contribution is -0.132. The predicted octanol–water partition coefficient (Wildman–Crippen LogP) is -0.713. The molecule has 0 N–H and O–H groups in total. The van der Waals surface area contributed by atoms with Crippen LogP contribution in [0.3, 0.4) is 0 Å². The van der Waals surface area contributed by atoms with Gasteiger partial charge in [0, 0.05) is 25.9 Å². The van der Waals surface area contributed by atoms with Gasteiger partial charge in [-0.2, -0.15) is 0 Å². The molecule has 0 aromatic heterocycles. The lowest BCUT2D eigenvalue weighted by Crippen LogP contribution is -2.27. The van der Waals surface area contributed by atoms with Gasteiger partial charge in [0.2, 0.25) is 5.91 Å². The molecule has 3 aliphatic rings. The zero-order valence-electron chi connectivity index (χ0n) is 7.56. The first-order valence-electron chi connectivity index (χ1n) is 4.53. The van der Waals surface area contributed by atoms with Gasteiger partial charge in [-0.15, -0.1) is 0 Å². The van der Waals surface area contributed by atoms with Gasteiger partial charge in [0.05, 0.1) is 12.0 Å². The summed E-state index contributed by atoms with van der Waals surface area (Å²) in [7, 11) is 3.46. The monoisotopic (exact) mass is 181 g/mol. The maximum absolute atomic E-state index is 11.5. The Balaban J connectivity index is 1.79. The second-order valence-corrected chi connectivity index (χ2v) is 4.29. The molecule has 0 aromatic rings. The summed E-state index contributed by atoms with van der Waals surface area (Å²) in [4.78, 5) is 24.5. The van der Waals surface area contributed by atoms with Crippen LogP contribution in [0, 0.1) is 17.8 Å². The van der Waals surface area contributed by atoms with Crippen LogP contribution in [0.25, 0.3) is 0 Å². The van der Waals surface area contributed by atoms with E-state index in [1.54, 1.807) is 19.0 Å². The summed E-state index contributed by atoms with van der Waals surface area (Å²) in [5.41, 5.74) is 0. The van der Waals surface area contributed by atoms with E-state index in [1.165, 1.54) is 0 Å². The normalized spacial score (nSPS) is 49.7. The summed E-state index contributed by atoms with van der Waals surface area (Å²) in [6.07, 6.45) is -0.0485. The molecule has 1 aliphatic heterocycles. The second-order valence-electron chi connectivity index (χ2n) is 4.29. The van der Waals surface area contributed by atoms with Crippen LogP contribution >= 0.6 is 0 Å². The molecule has 0 aromatic carbocycles. The van der Waals surface area contributed by atoms with Crippen molar-refractivity contribution in [2.75, 3.05) is 14.1 Å². The smallest absolute Gasteiger partial charge is 0.226 e. The Labute approximate surface area is 75.8 Å². The summed E-state index contributed by atoms with van der Waals surface area (Å²) in [6.45, 7) is 0. The largest absolute Gasteiger partial charge is 0.361 e. The molecule has 1 amide bonds. The molecule has 13 heavy (non-hydrogen) atoms. The van der Waals surface area contributed by atoms with Crippen molar-refractivity contribution < 1.29 is 14.3 Å². The fourth-order valence-corrected chi connectivity index (χ4v) is 2.56. The quantitative estimate of drug-likeness (QED) is 0.502. The second kappa shape index (κ2) is 1.95. The van der Waals surface area contributed by atoms with Crippen LogP contribution in [0.15, 0.2) is 0 Å². The number of fused-ring (bicyclic) bond motifs is 3. The molecule has 0 bridgehead atoms. The summed E-state index contributed by atoms with van der Waals surface area (Å²) >= 11 is 0. The fourth-order valence-electron chi connectivity index (χ4n) is 2.56. The Morgan fingerprint density at radius 2 is 2.15 bits per heavy atom. The number of rotatable bonds is 1. The highest BCUT2D eigenvalue weighted by atomic mass is 16.6. The topological polar surface area (TPSA) is 49.9 Å². The number of carbonyl (C=O) groups is 2. The predicted molar refractivity (Wildman–Crippen MR) is 42.8 cm³/mol. The van der Waals surface area contributed by atoms with Crippen molar-refractivity contribution in [3.63, 3.8) is 0 Å². The third-order valence-corrected chi connectivity index (χ3v) is 3.32. The van der Waals surface area contributed by atoms with E-state index in [-0.39, 0.29) is 41.7 Å². The van der Waals surface area contributed by atoms with Crippen LogP contribution in [0.4, 0.5) is 0 Å². The number of Topliss-reactive ketones (excluding diaryl/α,β-unsaturated/α-hetero) is 1. The number of carbonyl (C=O) groups excluding carboxylic acids is 2. The number of ketones is 1. The first-order chi connectivity index (χ1) is 6.13. The van der Waals surface area contributed by atoms with Crippen molar-refractivity contribution in [3.8, 4) is 0 Å². The molecule has 2 saturated carbocycles. The Morgan fingerprint density at radius 3 is 2.62 bits per heavy atom. The van der Waals surface area contributed by atoms with Crippen molar-refractivity contribution in [3.05, 3.63) is 0 Å². The van der Waals surface area contributed by atoms with E-state index in [1.807, 2.05) is 0 Å². The van der Waals surface area contributed by atoms with Gasteiger partial charge >= 0.3 is 0 Å². The van der Waals surface area contributed by atoms with Crippen LogP contribution in [-0.4, -0.2) is 42.9 Å². The van der Waals surface area contributed by atoms with Crippen molar-refractivity contribution in [2.24, 2.45) is 17.8 Å². The Kier molecular flexibility index (Phi) is 1.12. The molecule has 0 radical (unpaired) electrons. The summed E-state index contributed by atoms with van der Waals surface area (Å²) < 4.78 is 5.16. The van der Waals surface area contributed by atoms with Gasteiger partial charge in [0.1, 0.15) is 6.10 Å². The van der Waals surface area contributed by atoms with E-state index in [0.717, 1.165) is 0 Å². The zero-order valence-corrected chi connectivity index (χ0v) is 7.56. The molecule has 70 valence electrons. The Hall–Kier alpha value is -0.900. The van der Waals surface area contributed by atoms with E-state index >= 15 is 0 Å². The first-order valence-corrected chi connectivity index (χ1v) is 4.53. The van der Waals surface area contributed by atoms with Crippen molar-refractivity contribution in [2.45, 2.75) is 12.2 Å². The number of nitrogens with zero attached hydrogens (tertiary/aromatic N) is 1. The highest BCUT2D eigenvalue weighted by Crippen LogP contribution is 2.63. The van der Waals surface area contributed by atoms with E-state index < -0.39 is 0 Å².